The molecule has 5 aliphatic rings. The van der Waals surface area contributed by atoms with Crippen molar-refractivity contribution in [1.29, 1.82) is 0 Å². The Morgan fingerprint density at radius 2 is 2.00 bits per heavy atom. The first-order chi connectivity index (χ1) is 13.4. The zero-order chi connectivity index (χ0) is 21.1. The summed E-state index contributed by atoms with van der Waals surface area (Å²) in [6.45, 7) is 5.18. The molecular formula is C20H26O8S. The lowest BCUT2D eigenvalue weighted by Gasteiger charge is -2.56. The Hall–Kier alpha value is -1.29. The van der Waals surface area contributed by atoms with Crippen molar-refractivity contribution < 1.29 is 38.2 Å². The average Bonchev–Trinajstić information content (AvgIpc) is 3.27. The van der Waals surface area contributed by atoms with E-state index in [1.165, 1.54) is 19.3 Å². The summed E-state index contributed by atoms with van der Waals surface area (Å²) in [7, 11) is -1.35. The van der Waals surface area contributed by atoms with Crippen molar-refractivity contribution in [1.82, 2.24) is 0 Å². The molecule has 9 heteroatoms. The summed E-state index contributed by atoms with van der Waals surface area (Å²) in [6.07, 6.45) is 0.590. The third kappa shape index (κ3) is 2.17. The molecule has 2 aliphatic carbocycles. The summed E-state index contributed by atoms with van der Waals surface area (Å²) < 4.78 is 29.3. The highest BCUT2D eigenvalue weighted by Gasteiger charge is 2.85. The summed E-state index contributed by atoms with van der Waals surface area (Å²) in [6, 6.07) is 0. The molecular weight excluding hydrogens is 400 g/mol. The molecule has 29 heavy (non-hydrogen) atoms. The maximum absolute atomic E-state index is 12.8. The second-order valence-electron chi connectivity index (χ2n) is 9.88. The zero-order valence-electron chi connectivity index (χ0n) is 16.8. The SMILES string of the molecule is CS(=O)C[C@](C)(O)[C@H]1OC(=O)C=C2[C@@]3(C)[C@@H]4[C@@H](OC(=O)C4(C)CC[C@@H]3O)[C@@H]3O[C@]231. The minimum Gasteiger partial charge on any atom is -0.459 e. The molecule has 0 aromatic heterocycles. The average molecular weight is 426 g/mol. The number of hydrogen-bond donors (Lipinski definition) is 2. The third-order valence-electron chi connectivity index (χ3n) is 7.93. The number of rotatable bonds is 3. The van der Waals surface area contributed by atoms with Crippen LogP contribution in [0, 0.1) is 16.7 Å². The van der Waals surface area contributed by atoms with Gasteiger partial charge in [0, 0.05) is 34.5 Å². The second-order valence-corrected chi connectivity index (χ2v) is 11.3. The molecule has 4 fully saturated rings. The molecule has 2 N–H and O–H groups in total. The molecule has 8 nitrogen and oxygen atoms in total. The summed E-state index contributed by atoms with van der Waals surface area (Å²) in [4.78, 5) is 25.4. The summed E-state index contributed by atoms with van der Waals surface area (Å²) in [5, 5.41) is 22.2. The molecule has 1 spiro atoms. The minimum absolute atomic E-state index is 0.110. The van der Waals surface area contributed by atoms with Crippen LogP contribution in [0.4, 0.5) is 0 Å². The van der Waals surface area contributed by atoms with Crippen molar-refractivity contribution in [2.75, 3.05) is 12.0 Å². The van der Waals surface area contributed by atoms with Crippen LogP contribution in [0.25, 0.3) is 0 Å². The van der Waals surface area contributed by atoms with E-state index in [2.05, 4.69) is 0 Å². The first kappa shape index (κ1) is 19.7. The number of fused-ring (bicyclic) bond motifs is 2. The lowest BCUT2D eigenvalue weighted by molar-refractivity contribution is -0.172. The van der Waals surface area contributed by atoms with Crippen LogP contribution in [-0.4, -0.2) is 74.0 Å². The Morgan fingerprint density at radius 3 is 2.66 bits per heavy atom. The van der Waals surface area contributed by atoms with E-state index in [1.807, 2.05) is 13.8 Å². The zero-order valence-corrected chi connectivity index (χ0v) is 17.7. The number of aliphatic hydroxyl groups excluding tert-OH is 1. The molecule has 2 unspecified atom stereocenters. The van der Waals surface area contributed by atoms with E-state index >= 15 is 0 Å². The summed E-state index contributed by atoms with van der Waals surface area (Å²) in [5.41, 5.74) is -4.00. The summed E-state index contributed by atoms with van der Waals surface area (Å²) >= 11 is 0. The number of esters is 2. The number of ether oxygens (including phenoxy) is 3. The first-order valence-electron chi connectivity index (χ1n) is 9.91. The Labute approximate surface area is 171 Å². The van der Waals surface area contributed by atoms with Crippen molar-refractivity contribution in [2.24, 2.45) is 16.7 Å². The van der Waals surface area contributed by atoms with E-state index in [-0.39, 0.29) is 17.6 Å². The number of carbonyl (C=O) groups is 2. The lowest BCUT2D eigenvalue weighted by Crippen LogP contribution is -2.67. The summed E-state index contributed by atoms with van der Waals surface area (Å²) in [5.74, 6) is -1.42. The van der Waals surface area contributed by atoms with Gasteiger partial charge in [-0.05, 0) is 32.3 Å². The molecule has 3 aliphatic heterocycles. The van der Waals surface area contributed by atoms with Crippen LogP contribution in [-0.2, 0) is 34.6 Å². The second kappa shape index (κ2) is 5.49. The Bertz CT molecular complexity index is 882. The third-order valence-corrected chi connectivity index (χ3v) is 8.92. The smallest absolute Gasteiger partial charge is 0.331 e. The van der Waals surface area contributed by atoms with Gasteiger partial charge in [0.05, 0.1) is 17.3 Å². The Kier molecular flexibility index (Phi) is 3.72. The predicted octanol–water partition coefficient (Wildman–Crippen LogP) is -0.172. The molecule has 0 bridgehead atoms. The minimum atomic E-state index is -1.63. The van der Waals surface area contributed by atoms with Gasteiger partial charge in [0.1, 0.15) is 17.8 Å². The molecule has 2 saturated heterocycles. The molecule has 0 aromatic rings. The van der Waals surface area contributed by atoms with Crippen LogP contribution in [0.3, 0.4) is 0 Å². The van der Waals surface area contributed by atoms with Crippen molar-refractivity contribution in [3.8, 4) is 0 Å². The van der Waals surface area contributed by atoms with E-state index in [0.717, 1.165) is 0 Å². The first-order valence-corrected chi connectivity index (χ1v) is 11.6. The van der Waals surface area contributed by atoms with E-state index in [4.69, 9.17) is 14.2 Å². The number of hydrogen-bond acceptors (Lipinski definition) is 8. The van der Waals surface area contributed by atoms with Crippen molar-refractivity contribution in [3.05, 3.63) is 11.6 Å². The van der Waals surface area contributed by atoms with Crippen molar-refractivity contribution in [3.63, 3.8) is 0 Å². The standard InChI is InChI=1S/C20H26O8S/c1-17-6-5-10(21)19(3)9-7-11(22)26-15(18(2,24)8-29(4)25)20(9)14(28-20)12(13(17)19)27-16(17)23/h7,10,12-15,21,24H,5-6,8H2,1-4H3/t10-,12+,13+,14-,15+,17?,18-,19+,20+,29?/m0/s1. The highest BCUT2D eigenvalue weighted by Crippen LogP contribution is 2.73. The molecule has 5 rings (SSSR count). The van der Waals surface area contributed by atoms with Crippen LogP contribution in [0.15, 0.2) is 11.6 Å². The van der Waals surface area contributed by atoms with Gasteiger partial charge in [-0.25, -0.2) is 4.79 Å². The highest BCUT2D eigenvalue weighted by atomic mass is 32.2. The number of epoxide rings is 1. The largest absolute Gasteiger partial charge is 0.459 e. The van der Waals surface area contributed by atoms with Crippen LogP contribution in [0.2, 0.25) is 0 Å². The topological polar surface area (TPSA) is 123 Å². The molecule has 10 atom stereocenters. The van der Waals surface area contributed by atoms with Crippen LogP contribution in [0.5, 0.6) is 0 Å². The fourth-order valence-electron chi connectivity index (χ4n) is 6.78. The van der Waals surface area contributed by atoms with Crippen LogP contribution >= 0.6 is 0 Å². The number of aliphatic hydroxyl groups is 2. The maximum Gasteiger partial charge on any atom is 0.331 e. The lowest BCUT2D eigenvalue weighted by atomic mass is 9.46. The molecule has 160 valence electrons. The van der Waals surface area contributed by atoms with Crippen LogP contribution < -0.4 is 0 Å². The van der Waals surface area contributed by atoms with Gasteiger partial charge in [-0.3, -0.25) is 9.00 Å². The van der Waals surface area contributed by atoms with E-state index in [1.54, 1.807) is 0 Å². The van der Waals surface area contributed by atoms with Crippen molar-refractivity contribution in [2.45, 2.75) is 69.2 Å². The van der Waals surface area contributed by atoms with Gasteiger partial charge >= 0.3 is 11.9 Å². The van der Waals surface area contributed by atoms with Gasteiger partial charge in [-0.1, -0.05) is 6.92 Å². The molecule has 2 saturated carbocycles. The maximum atomic E-state index is 12.8. The van der Waals surface area contributed by atoms with Gasteiger partial charge in [0.15, 0.2) is 11.7 Å². The fourth-order valence-corrected chi connectivity index (χ4v) is 7.76. The normalized spacial score (nSPS) is 52.8. The van der Waals surface area contributed by atoms with Gasteiger partial charge in [0.2, 0.25) is 0 Å². The van der Waals surface area contributed by atoms with Gasteiger partial charge < -0.3 is 24.4 Å². The van der Waals surface area contributed by atoms with E-state index < -0.39 is 63.2 Å². The predicted molar refractivity (Wildman–Crippen MR) is 99.9 cm³/mol. The fraction of sp³-hybridized carbons (Fsp3) is 0.800. The Balaban J connectivity index is 1.69. The molecule has 0 radical (unpaired) electrons. The number of carbonyl (C=O) groups excluding carboxylic acids is 2. The molecule has 0 aromatic carbocycles. The van der Waals surface area contributed by atoms with Gasteiger partial charge in [0.25, 0.3) is 0 Å². The van der Waals surface area contributed by atoms with Crippen molar-refractivity contribution >= 4 is 22.7 Å². The molecule has 0 amide bonds. The van der Waals surface area contributed by atoms with Gasteiger partial charge in [-0.2, -0.15) is 0 Å². The van der Waals surface area contributed by atoms with Crippen LogP contribution in [0.1, 0.15) is 33.6 Å². The van der Waals surface area contributed by atoms with E-state index in [0.29, 0.717) is 18.4 Å². The number of cyclic esters (lactones) is 1. The van der Waals surface area contributed by atoms with Gasteiger partial charge in [-0.15, -0.1) is 0 Å². The Morgan fingerprint density at radius 1 is 1.31 bits per heavy atom. The quantitative estimate of drug-likeness (QED) is 0.471. The monoisotopic (exact) mass is 426 g/mol. The molecule has 3 heterocycles. The highest BCUT2D eigenvalue weighted by molar-refractivity contribution is 7.84. The van der Waals surface area contributed by atoms with E-state index in [9.17, 15) is 24.0 Å².